The van der Waals surface area contributed by atoms with Crippen molar-refractivity contribution in [2.45, 2.75) is 44.6 Å². The van der Waals surface area contributed by atoms with Crippen LogP contribution in [0.2, 0.25) is 0 Å². The number of piperidine rings is 1. The molecule has 8 heteroatoms. The topological polar surface area (TPSA) is 96.2 Å². The first kappa shape index (κ1) is 21.2. The summed E-state index contributed by atoms with van der Waals surface area (Å²) in [6.45, 7) is 3.86. The number of hydrogen-bond donors (Lipinski definition) is 2. The highest BCUT2D eigenvalue weighted by Gasteiger charge is 2.21. The number of carbonyl (C=O) groups is 1. The van der Waals surface area contributed by atoms with E-state index in [1.807, 2.05) is 36.7 Å². The predicted molar refractivity (Wildman–Crippen MR) is 120 cm³/mol. The standard InChI is InChI=1S/C23H30N6O2/c30-23(31)24-11-5-1-2-6-12-28-13-9-19(10-14-28)29-17-18(15-26-29)22-16-25-20-7-3-4-8-21(20)27-22/h3-4,7-8,15-17,19,24H,1-2,5-6,9-14H2,(H,30,31). The summed E-state index contributed by atoms with van der Waals surface area (Å²) in [5.74, 6) is 0. The van der Waals surface area contributed by atoms with E-state index in [0.717, 1.165) is 74.0 Å². The second kappa shape index (κ2) is 10.3. The van der Waals surface area contributed by atoms with Crippen LogP contribution < -0.4 is 5.32 Å². The number of fused-ring (bicyclic) bond motifs is 1. The molecule has 1 amide bonds. The molecule has 164 valence electrons. The van der Waals surface area contributed by atoms with Crippen molar-refractivity contribution in [3.05, 3.63) is 42.9 Å². The van der Waals surface area contributed by atoms with E-state index in [0.29, 0.717) is 12.6 Å². The zero-order valence-electron chi connectivity index (χ0n) is 17.8. The van der Waals surface area contributed by atoms with Crippen LogP contribution in [0.4, 0.5) is 4.79 Å². The van der Waals surface area contributed by atoms with Gasteiger partial charge in [-0.05, 0) is 44.4 Å². The fourth-order valence-electron chi connectivity index (χ4n) is 4.18. The molecule has 2 aromatic heterocycles. The van der Waals surface area contributed by atoms with E-state index in [1.54, 1.807) is 0 Å². The Bertz CT molecular complexity index is 996. The van der Waals surface area contributed by atoms with Crippen LogP contribution in [0.3, 0.4) is 0 Å². The molecule has 0 saturated carbocycles. The molecule has 1 saturated heterocycles. The van der Waals surface area contributed by atoms with Crippen molar-refractivity contribution < 1.29 is 9.90 Å². The van der Waals surface area contributed by atoms with E-state index in [2.05, 4.69) is 31.2 Å². The van der Waals surface area contributed by atoms with Gasteiger partial charge in [-0.25, -0.2) is 9.78 Å². The number of hydrogen-bond acceptors (Lipinski definition) is 5. The van der Waals surface area contributed by atoms with Gasteiger partial charge in [0.1, 0.15) is 0 Å². The van der Waals surface area contributed by atoms with Gasteiger partial charge in [-0.1, -0.05) is 25.0 Å². The number of nitrogens with zero attached hydrogens (tertiary/aromatic N) is 5. The molecule has 0 bridgehead atoms. The van der Waals surface area contributed by atoms with Gasteiger partial charge in [0.15, 0.2) is 0 Å². The molecule has 0 unspecified atom stereocenters. The smallest absolute Gasteiger partial charge is 0.404 e. The lowest BCUT2D eigenvalue weighted by Gasteiger charge is -2.32. The summed E-state index contributed by atoms with van der Waals surface area (Å²) in [6, 6.07) is 8.34. The second-order valence-corrected chi connectivity index (χ2v) is 8.17. The minimum Gasteiger partial charge on any atom is -0.465 e. The van der Waals surface area contributed by atoms with Crippen LogP contribution in [0.5, 0.6) is 0 Å². The average Bonchev–Trinajstić information content (AvgIpc) is 3.29. The number of amides is 1. The Morgan fingerprint density at radius 3 is 2.65 bits per heavy atom. The lowest BCUT2D eigenvalue weighted by atomic mass is 10.0. The maximum atomic E-state index is 10.4. The fraction of sp³-hybridized carbons (Fsp3) is 0.478. The van der Waals surface area contributed by atoms with Crippen LogP contribution >= 0.6 is 0 Å². The number of benzene rings is 1. The average molecular weight is 423 g/mol. The Morgan fingerprint density at radius 2 is 1.84 bits per heavy atom. The predicted octanol–water partition coefficient (Wildman–Crippen LogP) is 3.96. The van der Waals surface area contributed by atoms with Crippen LogP contribution in [0.1, 0.15) is 44.6 Å². The Morgan fingerprint density at radius 1 is 1.06 bits per heavy atom. The summed E-state index contributed by atoms with van der Waals surface area (Å²) >= 11 is 0. The number of para-hydroxylation sites is 2. The van der Waals surface area contributed by atoms with Crippen molar-refractivity contribution in [1.29, 1.82) is 0 Å². The van der Waals surface area contributed by atoms with Crippen molar-refractivity contribution in [3.63, 3.8) is 0 Å². The largest absolute Gasteiger partial charge is 0.465 e. The van der Waals surface area contributed by atoms with Gasteiger partial charge in [-0.15, -0.1) is 0 Å². The number of unbranched alkanes of at least 4 members (excludes halogenated alkanes) is 3. The fourth-order valence-corrected chi connectivity index (χ4v) is 4.18. The van der Waals surface area contributed by atoms with E-state index in [4.69, 9.17) is 10.1 Å². The first-order valence-electron chi connectivity index (χ1n) is 11.1. The van der Waals surface area contributed by atoms with E-state index < -0.39 is 6.09 Å². The molecule has 0 aliphatic carbocycles. The van der Waals surface area contributed by atoms with Crippen molar-refractivity contribution in [1.82, 2.24) is 30.0 Å². The molecule has 1 aliphatic heterocycles. The SMILES string of the molecule is O=C(O)NCCCCCCN1CCC(n2cc(-c3cnc4ccccc4n3)cn2)CC1. The second-order valence-electron chi connectivity index (χ2n) is 8.17. The van der Waals surface area contributed by atoms with Crippen LogP contribution in [-0.2, 0) is 0 Å². The molecule has 3 aromatic rings. The molecule has 0 atom stereocenters. The van der Waals surface area contributed by atoms with Crippen molar-refractivity contribution in [2.75, 3.05) is 26.2 Å². The van der Waals surface area contributed by atoms with Gasteiger partial charge in [0.05, 0.1) is 35.2 Å². The minimum absolute atomic E-state index is 0.431. The molecule has 0 spiro atoms. The molecular weight excluding hydrogens is 392 g/mol. The molecule has 8 nitrogen and oxygen atoms in total. The van der Waals surface area contributed by atoms with Crippen LogP contribution in [0.15, 0.2) is 42.9 Å². The Kier molecular flexibility index (Phi) is 7.09. The number of aromatic nitrogens is 4. The molecule has 1 fully saturated rings. The number of likely N-dealkylation sites (tertiary alicyclic amines) is 1. The van der Waals surface area contributed by atoms with Gasteiger partial charge < -0.3 is 15.3 Å². The molecule has 0 radical (unpaired) electrons. The number of nitrogens with one attached hydrogen (secondary N) is 1. The Labute approximate surface area is 182 Å². The van der Waals surface area contributed by atoms with Crippen molar-refractivity contribution >= 4 is 17.1 Å². The molecule has 31 heavy (non-hydrogen) atoms. The summed E-state index contributed by atoms with van der Waals surface area (Å²) in [6.07, 6.45) is 11.4. The normalized spacial score (nSPS) is 15.4. The van der Waals surface area contributed by atoms with Gasteiger partial charge in [-0.3, -0.25) is 9.67 Å². The molecule has 4 rings (SSSR count). The third-order valence-corrected chi connectivity index (χ3v) is 5.95. The van der Waals surface area contributed by atoms with Gasteiger partial charge >= 0.3 is 6.09 Å². The summed E-state index contributed by atoms with van der Waals surface area (Å²) < 4.78 is 2.10. The third kappa shape index (κ3) is 5.79. The van der Waals surface area contributed by atoms with E-state index in [9.17, 15) is 4.79 Å². The zero-order chi connectivity index (χ0) is 21.5. The van der Waals surface area contributed by atoms with Gasteiger partial charge in [0.2, 0.25) is 0 Å². The van der Waals surface area contributed by atoms with E-state index >= 15 is 0 Å². The molecule has 2 N–H and O–H groups in total. The number of carboxylic acid groups (broad SMARTS) is 1. The molecule has 3 heterocycles. The van der Waals surface area contributed by atoms with Crippen LogP contribution in [-0.4, -0.2) is 62.0 Å². The summed E-state index contributed by atoms with van der Waals surface area (Å²) in [5.41, 5.74) is 3.68. The highest BCUT2D eigenvalue weighted by atomic mass is 16.4. The Balaban J connectivity index is 1.21. The highest BCUT2D eigenvalue weighted by molar-refractivity contribution is 5.76. The van der Waals surface area contributed by atoms with E-state index in [-0.39, 0.29) is 0 Å². The first-order valence-corrected chi connectivity index (χ1v) is 11.1. The lowest BCUT2D eigenvalue weighted by molar-refractivity contribution is 0.177. The highest BCUT2D eigenvalue weighted by Crippen LogP contribution is 2.25. The molecule has 1 aliphatic rings. The van der Waals surface area contributed by atoms with Crippen LogP contribution in [0.25, 0.3) is 22.3 Å². The summed E-state index contributed by atoms with van der Waals surface area (Å²) in [4.78, 5) is 22.2. The minimum atomic E-state index is -0.933. The summed E-state index contributed by atoms with van der Waals surface area (Å²) in [7, 11) is 0. The first-order chi connectivity index (χ1) is 15.2. The summed E-state index contributed by atoms with van der Waals surface area (Å²) in [5, 5.41) is 15.6. The van der Waals surface area contributed by atoms with Crippen molar-refractivity contribution in [3.8, 4) is 11.3 Å². The van der Waals surface area contributed by atoms with Gasteiger partial charge in [0, 0.05) is 31.4 Å². The monoisotopic (exact) mass is 422 g/mol. The number of rotatable bonds is 9. The maximum Gasteiger partial charge on any atom is 0.404 e. The third-order valence-electron chi connectivity index (χ3n) is 5.95. The van der Waals surface area contributed by atoms with Crippen molar-refractivity contribution in [2.24, 2.45) is 0 Å². The quantitative estimate of drug-likeness (QED) is 0.507. The van der Waals surface area contributed by atoms with Crippen LogP contribution in [0, 0.1) is 0 Å². The molecule has 1 aromatic carbocycles. The Hall–Kier alpha value is -3.00. The zero-order valence-corrected chi connectivity index (χ0v) is 17.8. The lowest BCUT2D eigenvalue weighted by Crippen LogP contribution is -2.35. The van der Waals surface area contributed by atoms with Gasteiger partial charge in [0.25, 0.3) is 0 Å². The maximum absolute atomic E-state index is 10.4. The van der Waals surface area contributed by atoms with Gasteiger partial charge in [-0.2, -0.15) is 5.10 Å². The van der Waals surface area contributed by atoms with E-state index in [1.165, 1.54) is 6.42 Å². The molecular formula is C23H30N6O2.